The molecule has 6 rings (SSSR count). The van der Waals surface area contributed by atoms with Crippen LogP contribution in [-0.4, -0.2) is 54.6 Å². The Morgan fingerprint density at radius 3 is 2.89 bits per heavy atom. The lowest BCUT2D eigenvalue weighted by Crippen LogP contribution is -2.28. The molecule has 5 aromatic rings. The minimum Gasteiger partial charge on any atom is -0.343 e. The molecule has 0 radical (unpaired) electrons. The van der Waals surface area contributed by atoms with Crippen molar-refractivity contribution < 1.29 is 9.59 Å². The van der Waals surface area contributed by atoms with Crippen LogP contribution in [0.4, 0.5) is 5.69 Å². The van der Waals surface area contributed by atoms with Gasteiger partial charge in [0.05, 0.1) is 11.7 Å². The summed E-state index contributed by atoms with van der Waals surface area (Å²) >= 11 is 0. The molecule has 5 heterocycles. The largest absolute Gasteiger partial charge is 0.343 e. The quantitative estimate of drug-likeness (QED) is 0.372. The molecule has 4 aromatic heterocycles. The van der Waals surface area contributed by atoms with Crippen LogP contribution in [0.1, 0.15) is 28.4 Å². The summed E-state index contributed by atoms with van der Waals surface area (Å²) in [5.74, 6) is -0.195. The van der Waals surface area contributed by atoms with Gasteiger partial charge in [-0.1, -0.05) is 12.6 Å². The van der Waals surface area contributed by atoms with Crippen LogP contribution in [0.25, 0.3) is 27.7 Å². The minimum atomic E-state index is -0.312. The van der Waals surface area contributed by atoms with E-state index in [0.717, 1.165) is 39.8 Å². The first-order chi connectivity index (χ1) is 17.6. The minimum absolute atomic E-state index is 0.0546. The van der Waals surface area contributed by atoms with E-state index in [9.17, 15) is 9.59 Å². The Balaban J connectivity index is 1.25. The molecule has 1 aliphatic heterocycles. The molecule has 0 bridgehead atoms. The topological polar surface area (TPSA) is 108 Å². The second-order valence-electron chi connectivity index (χ2n) is 8.81. The van der Waals surface area contributed by atoms with Gasteiger partial charge in [-0.15, -0.1) is 0 Å². The Bertz CT molecular complexity index is 1630. The van der Waals surface area contributed by atoms with Gasteiger partial charge >= 0.3 is 0 Å². The molecule has 1 fully saturated rings. The highest BCUT2D eigenvalue weighted by Gasteiger charge is 2.29. The van der Waals surface area contributed by atoms with Crippen LogP contribution in [0.5, 0.6) is 0 Å². The van der Waals surface area contributed by atoms with Crippen LogP contribution in [0.15, 0.2) is 79.8 Å². The van der Waals surface area contributed by atoms with E-state index in [1.807, 2.05) is 29.3 Å². The summed E-state index contributed by atoms with van der Waals surface area (Å²) in [6, 6.07) is 15.0. The lowest BCUT2D eigenvalue weighted by atomic mass is 10.0. The van der Waals surface area contributed by atoms with Crippen molar-refractivity contribution in [3.05, 3.63) is 91.0 Å². The number of nitrogens with one attached hydrogen (secondary N) is 2. The number of aromatic amines is 1. The second-order valence-corrected chi connectivity index (χ2v) is 8.81. The third-order valence-electron chi connectivity index (χ3n) is 6.62. The molecule has 0 saturated carbocycles. The number of carbonyl (C=O) groups is 2. The van der Waals surface area contributed by atoms with E-state index in [1.54, 1.807) is 41.3 Å². The first-order valence-electron chi connectivity index (χ1n) is 11.7. The number of H-pyrrole nitrogens is 1. The van der Waals surface area contributed by atoms with Gasteiger partial charge in [0.1, 0.15) is 5.65 Å². The Kier molecular flexibility index (Phi) is 5.29. The number of nitrogens with zero attached hydrogens (tertiary/aromatic N) is 5. The molecule has 1 atom stereocenters. The fourth-order valence-electron chi connectivity index (χ4n) is 4.85. The molecular weight excluding hydrogens is 454 g/mol. The molecule has 178 valence electrons. The van der Waals surface area contributed by atoms with Crippen molar-refractivity contribution in [3.8, 4) is 11.1 Å². The Morgan fingerprint density at radius 1 is 1.08 bits per heavy atom. The van der Waals surface area contributed by atoms with Crippen LogP contribution in [0.3, 0.4) is 0 Å². The van der Waals surface area contributed by atoms with E-state index >= 15 is 0 Å². The Hall–Kier alpha value is -4.79. The predicted octanol–water partition coefficient (Wildman–Crippen LogP) is 4.03. The van der Waals surface area contributed by atoms with Crippen molar-refractivity contribution in [2.45, 2.75) is 12.3 Å². The van der Waals surface area contributed by atoms with Crippen molar-refractivity contribution in [3.63, 3.8) is 0 Å². The van der Waals surface area contributed by atoms with E-state index in [1.165, 1.54) is 6.08 Å². The van der Waals surface area contributed by atoms with Crippen molar-refractivity contribution >= 4 is 34.1 Å². The Labute approximate surface area is 206 Å². The van der Waals surface area contributed by atoms with Gasteiger partial charge in [0.25, 0.3) is 5.91 Å². The molecule has 36 heavy (non-hydrogen) atoms. The van der Waals surface area contributed by atoms with E-state index in [4.69, 9.17) is 0 Å². The Morgan fingerprint density at radius 2 is 2.00 bits per heavy atom. The maximum Gasteiger partial charge on any atom is 0.253 e. The van der Waals surface area contributed by atoms with Crippen LogP contribution in [-0.2, 0) is 4.79 Å². The lowest BCUT2D eigenvalue weighted by molar-refractivity contribution is -0.111. The molecule has 1 saturated heterocycles. The smallest absolute Gasteiger partial charge is 0.253 e. The van der Waals surface area contributed by atoms with Crippen LogP contribution >= 0.6 is 0 Å². The summed E-state index contributed by atoms with van der Waals surface area (Å²) in [4.78, 5) is 34.7. The van der Waals surface area contributed by atoms with Crippen molar-refractivity contribution in [1.82, 2.24) is 29.7 Å². The number of pyridine rings is 1. The number of likely N-dealkylation sites (tertiary alicyclic amines) is 1. The molecule has 9 nitrogen and oxygen atoms in total. The van der Waals surface area contributed by atoms with Gasteiger partial charge in [0, 0.05) is 59.3 Å². The van der Waals surface area contributed by atoms with Gasteiger partial charge in [0.15, 0.2) is 0 Å². The second kappa shape index (κ2) is 8.77. The highest BCUT2D eigenvalue weighted by Crippen LogP contribution is 2.35. The fraction of sp³-hybridized carbons (Fsp3) is 0.148. The summed E-state index contributed by atoms with van der Waals surface area (Å²) in [6.45, 7) is 4.72. The number of hydrogen-bond donors (Lipinski definition) is 2. The van der Waals surface area contributed by atoms with Gasteiger partial charge in [-0.2, -0.15) is 14.8 Å². The first kappa shape index (κ1) is 21.7. The molecule has 2 amide bonds. The average molecular weight is 478 g/mol. The van der Waals surface area contributed by atoms with E-state index < -0.39 is 0 Å². The number of amides is 2. The van der Waals surface area contributed by atoms with Crippen LogP contribution in [0.2, 0.25) is 0 Å². The van der Waals surface area contributed by atoms with Gasteiger partial charge in [-0.05, 0) is 60.5 Å². The van der Waals surface area contributed by atoms with Crippen molar-refractivity contribution in [2.24, 2.45) is 0 Å². The summed E-state index contributed by atoms with van der Waals surface area (Å²) in [5, 5.41) is 12.4. The van der Waals surface area contributed by atoms with Gasteiger partial charge < -0.3 is 15.2 Å². The first-order valence-corrected chi connectivity index (χ1v) is 11.7. The molecule has 1 unspecified atom stereocenters. The fourth-order valence-corrected chi connectivity index (χ4v) is 4.85. The summed E-state index contributed by atoms with van der Waals surface area (Å²) < 4.78 is 1.62. The number of benzene rings is 1. The molecule has 9 heteroatoms. The lowest BCUT2D eigenvalue weighted by Gasteiger charge is -2.17. The third-order valence-corrected chi connectivity index (χ3v) is 6.62. The highest BCUT2D eigenvalue weighted by atomic mass is 16.2. The van der Waals surface area contributed by atoms with Crippen molar-refractivity contribution in [2.75, 3.05) is 18.4 Å². The zero-order chi connectivity index (χ0) is 24.6. The van der Waals surface area contributed by atoms with Gasteiger partial charge in [0.2, 0.25) is 5.91 Å². The number of anilines is 1. The standard InChI is InChI=1S/C27H23N7O2/c1-2-25(35)31-19-6-3-5-17(13-19)27(36)33-12-9-18(16-33)23-14-21-20(8-11-28-26(21)32-23)22-15-30-34-24(22)7-4-10-29-34/h2-8,10-11,13-15,18H,1,9,12,16H2,(H,28,32)(H,31,35). The molecule has 1 aliphatic rings. The monoisotopic (exact) mass is 477 g/mol. The normalized spacial score (nSPS) is 15.4. The van der Waals surface area contributed by atoms with E-state index in [0.29, 0.717) is 24.3 Å². The SMILES string of the molecule is C=CC(=O)Nc1cccc(C(=O)N2CCC(c3cc4c(-c5cnn6ncccc56)ccnc4[nH]3)C2)c1. The predicted molar refractivity (Wildman–Crippen MR) is 137 cm³/mol. The van der Waals surface area contributed by atoms with Crippen LogP contribution < -0.4 is 5.32 Å². The number of aromatic nitrogens is 5. The van der Waals surface area contributed by atoms with Crippen molar-refractivity contribution in [1.29, 1.82) is 0 Å². The molecule has 1 aromatic carbocycles. The zero-order valence-corrected chi connectivity index (χ0v) is 19.4. The number of fused-ring (bicyclic) bond motifs is 2. The average Bonchev–Trinajstić information content (AvgIpc) is 3.66. The maximum atomic E-state index is 13.2. The zero-order valence-electron chi connectivity index (χ0n) is 19.4. The van der Waals surface area contributed by atoms with E-state index in [2.05, 4.69) is 38.1 Å². The molecule has 2 N–H and O–H groups in total. The number of rotatable bonds is 5. The number of carbonyl (C=O) groups excluding carboxylic acids is 2. The molecule has 0 aliphatic carbocycles. The molecular formula is C27H23N7O2. The van der Waals surface area contributed by atoms with Gasteiger partial charge in [-0.25, -0.2) is 4.98 Å². The van der Waals surface area contributed by atoms with E-state index in [-0.39, 0.29) is 17.7 Å². The third kappa shape index (κ3) is 3.80. The number of hydrogen-bond acceptors (Lipinski definition) is 5. The summed E-state index contributed by atoms with van der Waals surface area (Å²) in [6.07, 6.45) is 7.38. The van der Waals surface area contributed by atoms with Crippen LogP contribution in [0, 0.1) is 0 Å². The maximum absolute atomic E-state index is 13.2. The van der Waals surface area contributed by atoms with Gasteiger partial charge in [-0.3, -0.25) is 9.59 Å². The summed E-state index contributed by atoms with van der Waals surface area (Å²) in [5.41, 5.74) is 5.93. The highest BCUT2D eigenvalue weighted by molar-refractivity contribution is 6.01. The summed E-state index contributed by atoms with van der Waals surface area (Å²) in [7, 11) is 0. The molecule has 0 spiro atoms.